The van der Waals surface area contributed by atoms with Crippen LogP contribution in [0.3, 0.4) is 0 Å². The van der Waals surface area contributed by atoms with Gasteiger partial charge in [-0.3, -0.25) is 5.32 Å². The Morgan fingerprint density at radius 3 is 2.68 bits per heavy atom. The van der Waals surface area contributed by atoms with Crippen molar-refractivity contribution in [2.24, 2.45) is 0 Å². The first kappa shape index (κ1) is 19.5. The lowest BCUT2D eigenvalue weighted by atomic mass is 9.85. The van der Waals surface area contributed by atoms with Crippen molar-refractivity contribution in [1.82, 2.24) is 0 Å². The Morgan fingerprint density at radius 2 is 2.08 bits per heavy atom. The Morgan fingerprint density at radius 1 is 1.36 bits per heavy atom. The minimum atomic E-state index is -0.600. The van der Waals surface area contributed by atoms with Crippen molar-refractivity contribution < 1.29 is 23.4 Å². The number of anilines is 2. The number of benzene rings is 1. The Kier molecular flexibility index (Phi) is 6.24. The summed E-state index contributed by atoms with van der Waals surface area (Å²) < 4.78 is 30.3. The van der Waals surface area contributed by atoms with Gasteiger partial charge in [-0.15, -0.1) is 0 Å². The van der Waals surface area contributed by atoms with Gasteiger partial charge >= 0.3 is 6.09 Å². The van der Waals surface area contributed by atoms with E-state index in [1.807, 2.05) is 6.92 Å². The van der Waals surface area contributed by atoms with E-state index in [-0.39, 0.29) is 18.2 Å². The molecule has 0 saturated heterocycles. The molecule has 25 heavy (non-hydrogen) atoms. The van der Waals surface area contributed by atoms with Crippen LogP contribution in [-0.4, -0.2) is 43.7 Å². The first-order valence-corrected chi connectivity index (χ1v) is 8.44. The second-order valence-electron chi connectivity index (χ2n) is 7.00. The standard InChI is InChI=1S/C18H27FN2O4/c1-6-24-15-10-14(16(15)23-5)21-13-9-11(7-8-12(13)19)20-17(22)25-18(2,3)4/h7-9,14-16,21H,6,10H2,1-5H3,(H,20,22). The lowest BCUT2D eigenvalue weighted by molar-refractivity contribution is -0.118. The molecular weight excluding hydrogens is 327 g/mol. The van der Waals surface area contributed by atoms with Crippen LogP contribution >= 0.6 is 0 Å². The van der Waals surface area contributed by atoms with Gasteiger partial charge in [-0.1, -0.05) is 0 Å². The number of amides is 1. The molecule has 7 heteroatoms. The lowest BCUT2D eigenvalue weighted by Gasteiger charge is -2.43. The van der Waals surface area contributed by atoms with Gasteiger partial charge in [0.2, 0.25) is 0 Å². The van der Waals surface area contributed by atoms with Crippen molar-refractivity contribution >= 4 is 17.5 Å². The molecule has 1 fully saturated rings. The summed E-state index contributed by atoms with van der Waals surface area (Å²) in [6.07, 6.45) is 0.0236. The van der Waals surface area contributed by atoms with Crippen LogP contribution in [0.25, 0.3) is 0 Å². The molecule has 2 N–H and O–H groups in total. The molecule has 0 heterocycles. The van der Waals surface area contributed by atoms with Crippen LogP contribution in [0.2, 0.25) is 0 Å². The number of carbonyl (C=O) groups is 1. The molecule has 3 atom stereocenters. The van der Waals surface area contributed by atoms with Crippen molar-refractivity contribution in [3.8, 4) is 0 Å². The number of hydrogen-bond donors (Lipinski definition) is 2. The van der Waals surface area contributed by atoms with Crippen LogP contribution in [0.15, 0.2) is 18.2 Å². The first-order valence-electron chi connectivity index (χ1n) is 8.44. The van der Waals surface area contributed by atoms with Gasteiger partial charge in [0.25, 0.3) is 0 Å². The highest BCUT2D eigenvalue weighted by molar-refractivity contribution is 5.85. The zero-order chi connectivity index (χ0) is 18.6. The summed E-state index contributed by atoms with van der Waals surface area (Å²) in [5, 5.41) is 5.73. The van der Waals surface area contributed by atoms with E-state index in [9.17, 15) is 9.18 Å². The Balaban J connectivity index is 2.01. The number of halogens is 1. The van der Waals surface area contributed by atoms with Crippen molar-refractivity contribution in [1.29, 1.82) is 0 Å². The Bertz CT molecular complexity index is 603. The van der Waals surface area contributed by atoms with Crippen molar-refractivity contribution in [3.63, 3.8) is 0 Å². The molecular formula is C18H27FN2O4. The van der Waals surface area contributed by atoms with Gasteiger partial charge in [-0.25, -0.2) is 9.18 Å². The number of ether oxygens (including phenoxy) is 3. The number of methoxy groups -OCH3 is 1. The van der Waals surface area contributed by atoms with Crippen molar-refractivity contribution in [3.05, 3.63) is 24.0 Å². The van der Waals surface area contributed by atoms with Crippen LogP contribution in [0.4, 0.5) is 20.6 Å². The molecule has 1 aliphatic rings. The second-order valence-corrected chi connectivity index (χ2v) is 7.00. The second kappa shape index (κ2) is 8.01. The predicted molar refractivity (Wildman–Crippen MR) is 94.5 cm³/mol. The summed E-state index contributed by atoms with van der Waals surface area (Å²) in [4.78, 5) is 11.8. The van der Waals surface area contributed by atoms with E-state index in [0.29, 0.717) is 18.0 Å². The average molecular weight is 354 g/mol. The highest BCUT2D eigenvalue weighted by Gasteiger charge is 2.42. The molecule has 3 unspecified atom stereocenters. The predicted octanol–water partition coefficient (Wildman–Crippen LogP) is 3.78. The third-order valence-electron chi connectivity index (χ3n) is 3.85. The number of nitrogens with one attached hydrogen (secondary N) is 2. The lowest BCUT2D eigenvalue weighted by Crippen LogP contribution is -2.56. The van der Waals surface area contributed by atoms with Crippen LogP contribution in [0, 0.1) is 5.82 Å². The fourth-order valence-corrected chi connectivity index (χ4v) is 2.75. The van der Waals surface area contributed by atoms with Crippen LogP contribution < -0.4 is 10.6 Å². The van der Waals surface area contributed by atoms with Crippen molar-refractivity contribution in [2.75, 3.05) is 24.4 Å². The molecule has 6 nitrogen and oxygen atoms in total. The van der Waals surface area contributed by atoms with E-state index in [0.717, 1.165) is 6.42 Å². The van der Waals surface area contributed by atoms with Gasteiger partial charge in [0, 0.05) is 19.4 Å². The minimum Gasteiger partial charge on any atom is -0.444 e. The number of hydrogen-bond acceptors (Lipinski definition) is 5. The highest BCUT2D eigenvalue weighted by Crippen LogP contribution is 2.31. The molecule has 0 aliphatic heterocycles. The molecule has 1 saturated carbocycles. The van der Waals surface area contributed by atoms with E-state index in [4.69, 9.17) is 14.2 Å². The normalized spacial score (nSPS) is 22.9. The maximum absolute atomic E-state index is 14.1. The zero-order valence-corrected chi connectivity index (χ0v) is 15.4. The van der Waals surface area contributed by atoms with Gasteiger partial charge < -0.3 is 19.5 Å². The summed E-state index contributed by atoms with van der Waals surface area (Å²) in [7, 11) is 1.61. The van der Waals surface area contributed by atoms with Gasteiger partial charge in [-0.2, -0.15) is 0 Å². The largest absolute Gasteiger partial charge is 0.444 e. The van der Waals surface area contributed by atoms with Gasteiger partial charge in [0.1, 0.15) is 17.5 Å². The van der Waals surface area contributed by atoms with E-state index in [1.54, 1.807) is 33.9 Å². The van der Waals surface area contributed by atoms with Gasteiger partial charge in [-0.05, 0) is 52.3 Å². The topological polar surface area (TPSA) is 68.8 Å². The quantitative estimate of drug-likeness (QED) is 0.814. The first-order chi connectivity index (χ1) is 11.7. The summed E-state index contributed by atoms with van der Waals surface area (Å²) in [5.74, 6) is -0.399. The van der Waals surface area contributed by atoms with Crippen molar-refractivity contribution in [2.45, 2.75) is 58.0 Å². The zero-order valence-electron chi connectivity index (χ0n) is 15.4. The third kappa shape index (κ3) is 5.31. The van der Waals surface area contributed by atoms with E-state index < -0.39 is 17.5 Å². The fraction of sp³-hybridized carbons (Fsp3) is 0.611. The molecule has 2 rings (SSSR count). The third-order valence-corrected chi connectivity index (χ3v) is 3.85. The number of carbonyl (C=O) groups excluding carboxylic acids is 1. The molecule has 1 amide bonds. The van der Waals surface area contributed by atoms with E-state index in [1.165, 1.54) is 12.1 Å². The Hall–Kier alpha value is -1.86. The van der Waals surface area contributed by atoms with Crippen LogP contribution in [0.1, 0.15) is 34.1 Å². The average Bonchev–Trinajstić information content (AvgIpc) is 2.47. The molecule has 1 aromatic rings. The Labute approximate surface area is 148 Å². The summed E-state index contributed by atoms with van der Waals surface area (Å²) in [6.45, 7) is 7.88. The fourth-order valence-electron chi connectivity index (χ4n) is 2.75. The maximum Gasteiger partial charge on any atom is 0.412 e. The molecule has 1 aliphatic carbocycles. The molecule has 1 aromatic carbocycles. The summed E-state index contributed by atoms with van der Waals surface area (Å²) >= 11 is 0. The molecule has 0 bridgehead atoms. The van der Waals surface area contributed by atoms with Gasteiger partial charge in [0.15, 0.2) is 0 Å². The van der Waals surface area contributed by atoms with E-state index in [2.05, 4.69) is 10.6 Å². The smallest absolute Gasteiger partial charge is 0.412 e. The van der Waals surface area contributed by atoms with E-state index >= 15 is 0 Å². The monoisotopic (exact) mass is 354 g/mol. The molecule has 0 aromatic heterocycles. The summed E-state index contributed by atoms with van der Waals surface area (Å²) in [5.41, 5.74) is 0.153. The molecule has 0 radical (unpaired) electrons. The molecule has 0 spiro atoms. The molecule has 140 valence electrons. The van der Waals surface area contributed by atoms with Gasteiger partial charge in [0.05, 0.1) is 17.8 Å². The number of rotatable bonds is 6. The minimum absolute atomic E-state index is 0.0126. The van der Waals surface area contributed by atoms with Crippen LogP contribution in [0.5, 0.6) is 0 Å². The highest BCUT2D eigenvalue weighted by atomic mass is 19.1. The van der Waals surface area contributed by atoms with Crippen LogP contribution in [-0.2, 0) is 14.2 Å². The SMILES string of the molecule is CCOC1CC(Nc2cc(NC(=O)OC(C)(C)C)ccc2F)C1OC. The summed E-state index contributed by atoms with van der Waals surface area (Å²) in [6, 6.07) is 4.28. The maximum atomic E-state index is 14.1.